The van der Waals surface area contributed by atoms with Crippen molar-refractivity contribution in [3.05, 3.63) is 18.0 Å². The Kier molecular flexibility index (Phi) is 2.68. The van der Waals surface area contributed by atoms with Crippen LogP contribution in [0.3, 0.4) is 0 Å². The van der Waals surface area contributed by atoms with Gasteiger partial charge in [-0.25, -0.2) is 4.98 Å². The third-order valence-electron chi connectivity index (χ3n) is 3.03. The highest BCUT2D eigenvalue weighted by Gasteiger charge is 2.13. The van der Waals surface area contributed by atoms with Gasteiger partial charge in [-0.05, 0) is 12.1 Å². The second kappa shape index (κ2) is 4.33. The molecule has 1 aliphatic heterocycles. The van der Waals surface area contributed by atoms with Gasteiger partial charge in [-0.2, -0.15) is 4.98 Å². The molecule has 5 heteroatoms. The zero-order valence-corrected chi connectivity index (χ0v) is 9.94. The molecule has 3 rings (SSSR count). The van der Waals surface area contributed by atoms with Crippen LogP contribution in [0.1, 0.15) is 12.8 Å². The number of oxazole rings is 1. The van der Waals surface area contributed by atoms with Gasteiger partial charge in [0, 0.05) is 32.6 Å². The van der Waals surface area contributed by atoms with Crippen LogP contribution in [0.15, 0.2) is 16.5 Å². The van der Waals surface area contributed by atoms with Gasteiger partial charge in [-0.1, -0.05) is 6.92 Å². The third-order valence-corrected chi connectivity index (χ3v) is 3.03. The number of aromatic nitrogens is 2. The average Bonchev–Trinajstić information content (AvgIpc) is 2.81. The van der Waals surface area contributed by atoms with E-state index in [1.54, 1.807) is 0 Å². The summed E-state index contributed by atoms with van der Waals surface area (Å²) in [6.45, 7) is 6.05. The summed E-state index contributed by atoms with van der Waals surface area (Å²) in [6.07, 6.45) is 0.805. The molecule has 0 aromatic carbocycles. The molecule has 0 spiro atoms. The molecular formula is C12H16N4O. The SMILES string of the molecule is CCc1nc2nc(N3CCNCC3)ccc2o1. The van der Waals surface area contributed by atoms with Gasteiger partial charge in [0.25, 0.3) is 0 Å². The fraction of sp³-hybridized carbons (Fsp3) is 0.500. The second-order valence-electron chi connectivity index (χ2n) is 4.19. The number of nitrogens with zero attached hydrogens (tertiary/aromatic N) is 3. The molecule has 2 aromatic rings. The normalized spacial score (nSPS) is 16.6. The smallest absolute Gasteiger partial charge is 0.200 e. The summed E-state index contributed by atoms with van der Waals surface area (Å²) in [7, 11) is 0. The minimum atomic E-state index is 0.720. The molecule has 2 aromatic heterocycles. The van der Waals surface area contributed by atoms with Crippen LogP contribution >= 0.6 is 0 Å². The van der Waals surface area contributed by atoms with Crippen LogP contribution in [0.2, 0.25) is 0 Å². The van der Waals surface area contributed by atoms with Crippen LogP contribution in [0.5, 0.6) is 0 Å². The number of anilines is 1. The van der Waals surface area contributed by atoms with E-state index in [0.717, 1.165) is 55.5 Å². The second-order valence-corrected chi connectivity index (χ2v) is 4.19. The summed E-state index contributed by atoms with van der Waals surface area (Å²) < 4.78 is 5.56. The summed E-state index contributed by atoms with van der Waals surface area (Å²) in [5, 5.41) is 3.33. The number of fused-ring (bicyclic) bond motifs is 1. The van der Waals surface area contributed by atoms with Crippen molar-refractivity contribution in [2.75, 3.05) is 31.1 Å². The largest absolute Gasteiger partial charge is 0.439 e. The molecule has 0 amide bonds. The van der Waals surface area contributed by atoms with Crippen molar-refractivity contribution in [2.45, 2.75) is 13.3 Å². The highest BCUT2D eigenvalue weighted by molar-refractivity contribution is 5.70. The topological polar surface area (TPSA) is 54.2 Å². The molecule has 0 bridgehead atoms. The van der Waals surface area contributed by atoms with E-state index in [4.69, 9.17) is 4.42 Å². The summed E-state index contributed by atoms with van der Waals surface area (Å²) in [5.41, 5.74) is 1.50. The maximum Gasteiger partial charge on any atom is 0.200 e. The monoisotopic (exact) mass is 232 g/mol. The van der Waals surface area contributed by atoms with E-state index >= 15 is 0 Å². The average molecular weight is 232 g/mol. The van der Waals surface area contributed by atoms with Crippen LogP contribution in [-0.4, -0.2) is 36.1 Å². The Labute approximate surface area is 99.8 Å². The van der Waals surface area contributed by atoms with E-state index in [2.05, 4.69) is 20.2 Å². The maximum atomic E-state index is 5.56. The summed E-state index contributed by atoms with van der Waals surface area (Å²) in [6, 6.07) is 3.98. The van der Waals surface area contributed by atoms with Crippen molar-refractivity contribution in [1.29, 1.82) is 0 Å². The minimum Gasteiger partial charge on any atom is -0.439 e. The van der Waals surface area contributed by atoms with E-state index in [0.29, 0.717) is 0 Å². The molecule has 1 aliphatic rings. The molecule has 1 fully saturated rings. The van der Waals surface area contributed by atoms with E-state index < -0.39 is 0 Å². The van der Waals surface area contributed by atoms with Gasteiger partial charge in [0.2, 0.25) is 5.65 Å². The Morgan fingerprint density at radius 2 is 2.12 bits per heavy atom. The molecule has 0 saturated carbocycles. The van der Waals surface area contributed by atoms with Gasteiger partial charge in [-0.15, -0.1) is 0 Å². The lowest BCUT2D eigenvalue weighted by molar-refractivity contribution is 0.538. The quantitative estimate of drug-likeness (QED) is 0.843. The van der Waals surface area contributed by atoms with E-state index in [1.165, 1.54) is 0 Å². The summed E-state index contributed by atoms with van der Waals surface area (Å²) in [5.74, 6) is 1.75. The first kappa shape index (κ1) is 10.5. The fourth-order valence-electron chi connectivity index (χ4n) is 2.07. The van der Waals surface area contributed by atoms with Crippen molar-refractivity contribution in [2.24, 2.45) is 0 Å². The number of hydrogen-bond donors (Lipinski definition) is 1. The Bertz CT molecular complexity index is 516. The molecular weight excluding hydrogens is 216 g/mol. The first-order valence-corrected chi connectivity index (χ1v) is 6.09. The first-order chi connectivity index (χ1) is 8.36. The van der Waals surface area contributed by atoms with Crippen molar-refractivity contribution >= 4 is 17.0 Å². The Hall–Kier alpha value is -1.62. The first-order valence-electron chi connectivity index (χ1n) is 6.09. The molecule has 3 heterocycles. The van der Waals surface area contributed by atoms with Crippen LogP contribution in [-0.2, 0) is 6.42 Å². The lowest BCUT2D eigenvalue weighted by Gasteiger charge is -2.28. The predicted octanol–water partition coefficient (Wildman–Crippen LogP) is 1.19. The number of nitrogens with one attached hydrogen (secondary N) is 1. The maximum absolute atomic E-state index is 5.56. The summed E-state index contributed by atoms with van der Waals surface area (Å²) in [4.78, 5) is 11.2. The number of aryl methyl sites for hydroxylation is 1. The summed E-state index contributed by atoms with van der Waals surface area (Å²) >= 11 is 0. The third kappa shape index (κ3) is 1.98. The minimum absolute atomic E-state index is 0.720. The highest BCUT2D eigenvalue weighted by atomic mass is 16.3. The van der Waals surface area contributed by atoms with Crippen molar-refractivity contribution in [1.82, 2.24) is 15.3 Å². The molecule has 0 atom stereocenters. The molecule has 0 radical (unpaired) electrons. The molecule has 90 valence electrons. The lowest BCUT2D eigenvalue weighted by atomic mass is 10.3. The zero-order valence-electron chi connectivity index (χ0n) is 9.94. The lowest BCUT2D eigenvalue weighted by Crippen LogP contribution is -2.43. The number of hydrogen-bond acceptors (Lipinski definition) is 5. The predicted molar refractivity (Wildman–Crippen MR) is 66.3 cm³/mol. The molecule has 1 saturated heterocycles. The number of pyridine rings is 1. The Morgan fingerprint density at radius 1 is 1.29 bits per heavy atom. The number of rotatable bonds is 2. The highest BCUT2D eigenvalue weighted by Crippen LogP contribution is 2.19. The van der Waals surface area contributed by atoms with E-state index in [1.807, 2.05) is 19.1 Å². The van der Waals surface area contributed by atoms with Gasteiger partial charge >= 0.3 is 0 Å². The van der Waals surface area contributed by atoms with Crippen LogP contribution in [0.4, 0.5) is 5.82 Å². The van der Waals surface area contributed by atoms with Crippen molar-refractivity contribution < 1.29 is 4.42 Å². The van der Waals surface area contributed by atoms with Gasteiger partial charge in [0.05, 0.1) is 0 Å². The van der Waals surface area contributed by atoms with Gasteiger partial charge < -0.3 is 14.6 Å². The molecule has 0 aliphatic carbocycles. The molecule has 5 nitrogen and oxygen atoms in total. The zero-order chi connectivity index (χ0) is 11.7. The van der Waals surface area contributed by atoms with Crippen molar-refractivity contribution in [3.8, 4) is 0 Å². The van der Waals surface area contributed by atoms with E-state index in [9.17, 15) is 0 Å². The van der Waals surface area contributed by atoms with Gasteiger partial charge in [0.15, 0.2) is 11.5 Å². The Morgan fingerprint density at radius 3 is 2.88 bits per heavy atom. The fourth-order valence-corrected chi connectivity index (χ4v) is 2.07. The van der Waals surface area contributed by atoms with Gasteiger partial charge in [-0.3, -0.25) is 0 Å². The number of piperazine rings is 1. The van der Waals surface area contributed by atoms with Gasteiger partial charge in [0.1, 0.15) is 5.82 Å². The van der Waals surface area contributed by atoms with Crippen LogP contribution < -0.4 is 10.2 Å². The van der Waals surface area contributed by atoms with Crippen LogP contribution in [0, 0.1) is 0 Å². The molecule has 0 unspecified atom stereocenters. The van der Waals surface area contributed by atoms with Crippen molar-refractivity contribution in [3.63, 3.8) is 0 Å². The standard InChI is InChI=1S/C12H16N4O/c1-2-11-15-12-9(17-11)3-4-10(14-12)16-7-5-13-6-8-16/h3-4,13H,2,5-8H2,1H3. The molecule has 1 N–H and O–H groups in total. The molecule has 17 heavy (non-hydrogen) atoms. The Balaban J connectivity index is 1.94. The van der Waals surface area contributed by atoms with E-state index in [-0.39, 0.29) is 0 Å². The van der Waals surface area contributed by atoms with Crippen LogP contribution in [0.25, 0.3) is 11.2 Å².